The molecule has 2 N–H and O–H groups in total. The van der Waals surface area contributed by atoms with Crippen molar-refractivity contribution in [2.24, 2.45) is 0 Å². The minimum atomic E-state index is -2.25. The fourth-order valence-corrected chi connectivity index (χ4v) is 7.55. The second-order valence-electron chi connectivity index (χ2n) is 15.9. The van der Waals surface area contributed by atoms with Gasteiger partial charge >= 0.3 is 0 Å². The zero-order valence-electron chi connectivity index (χ0n) is 27.7. The number of hydrogen-bond donors (Lipinski definition) is 1. The molecule has 0 aromatic carbocycles. The normalized spacial score (nSPS) is 23.8. The van der Waals surface area contributed by atoms with E-state index in [4.69, 9.17) is 23.7 Å². The van der Waals surface area contributed by atoms with Gasteiger partial charge in [0.1, 0.15) is 30.2 Å². The van der Waals surface area contributed by atoms with Crippen LogP contribution in [-0.2, 0) is 18.0 Å². The van der Waals surface area contributed by atoms with E-state index in [9.17, 15) is 0 Å². The fraction of sp³-hybridized carbons (Fsp3) is 0.821. The van der Waals surface area contributed by atoms with E-state index in [1.807, 2.05) is 4.57 Å². The number of ether oxygens (including phenoxy) is 1. The average molecular weight is 610 g/mol. The Kier molecular flexibility index (Phi) is 9.03. The highest BCUT2D eigenvalue weighted by molar-refractivity contribution is 6.75. The molecule has 1 unspecified atom stereocenters. The lowest BCUT2D eigenvalue weighted by molar-refractivity contribution is -0.0470. The molecule has 40 heavy (non-hydrogen) atoms. The predicted octanol–water partition coefficient (Wildman–Crippen LogP) is 7.11. The maximum absolute atomic E-state index is 7.22. The summed E-state index contributed by atoms with van der Waals surface area (Å²) in [6.45, 7) is 34.4. The van der Waals surface area contributed by atoms with Crippen LogP contribution in [0.5, 0.6) is 0 Å². The van der Waals surface area contributed by atoms with Crippen molar-refractivity contribution in [3.05, 3.63) is 12.7 Å². The van der Waals surface area contributed by atoms with Crippen LogP contribution in [0.4, 0.5) is 5.82 Å². The number of aromatic nitrogens is 4. The van der Waals surface area contributed by atoms with Crippen LogP contribution in [0.2, 0.25) is 54.4 Å². The van der Waals surface area contributed by atoms with Gasteiger partial charge in [-0.05, 0) is 54.4 Å². The number of nitrogens with zero attached hydrogens (tertiary/aromatic N) is 4. The van der Waals surface area contributed by atoms with E-state index < -0.39 is 31.2 Å². The van der Waals surface area contributed by atoms with E-state index >= 15 is 0 Å². The van der Waals surface area contributed by atoms with Crippen molar-refractivity contribution in [1.29, 1.82) is 0 Å². The Balaban J connectivity index is 2.15. The number of imidazole rings is 1. The van der Waals surface area contributed by atoms with Crippen molar-refractivity contribution >= 4 is 41.9 Å². The van der Waals surface area contributed by atoms with Gasteiger partial charge in [0.2, 0.25) is 0 Å². The quantitative estimate of drug-likeness (QED) is 0.316. The molecule has 0 radical (unpaired) electrons. The van der Waals surface area contributed by atoms with Gasteiger partial charge in [-0.2, -0.15) is 0 Å². The minimum absolute atomic E-state index is 0.00158. The molecule has 3 heterocycles. The van der Waals surface area contributed by atoms with Gasteiger partial charge in [0.05, 0.1) is 12.9 Å². The first-order valence-corrected chi connectivity index (χ1v) is 23.2. The van der Waals surface area contributed by atoms with Gasteiger partial charge in [-0.1, -0.05) is 62.3 Å². The number of hydrogen-bond acceptors (Lipinski definition) is 8. The Morgan fingerprint density at radius 3 is 1.77 bits per heavy atom. The largest absolute Gasteiger partial charge is 0.414 e. The molecule has 1 saturated heterocycles. The monoisotopic (exact) mass is 609 g/mol. The Morgan fingerprint density at radius 2 is 1.27 bits per heavy atom. The lowest BCUT2D eigenvalue weighted by atomic mass is 10.1. The van der Waals surface area contributed by atoms with Crippen molar-refractivity contribution < 1.29 is 18.0 Å². The molecule has 0 bridgehead atoms. The Morgan fingerprint density at radius 1 is 0.775 bits per heavy atom. The summed E-state index contributed by atoms with van der Waals surface area (Å²) in [4.78, 5) is 13.2. The molecule has 1 aliphatic rings. The highest BCUT2D eigenvalue weighted by atomic mass is 28.4. The predicted molar refractivity (Wildman–Crippen MR) is 171 cm³/mol. The summed E-state index contributed by atoms with van der Waals surface area (Å²) in [6, 6.07) is 0. The van der Waals surface area contributed by atoms with Gasteiger partial charge in [0, 0.05) is 0 Å². The third-order valence-corrected chi connectivity index (χ3v) is 23.3. The summed E-state index contributed by atoms with van der Waals surface area (Å²) in [6.07, 6.45) is 1.69. The molecule has 3 rings (SSSR count). The Labute approximate surface area is 245 Å². The SMILES string of the molecule is CC(C)(C)[Si](C)(C)OC[C@@H]1OC(n2cnc3c(N)ncnc32)[C@@H](O[Si](C)(C)C(C)(C)C)[C@H]1O[Si](C)(C)C(C)(C)C. The smallest absolute Gasteiger partial charge is 0.192 e. The summed E-state index contributed by atoms with van der Waals surface area (Å²) < 4.78 is 30.1. The molecule has 0 spiro atoms. The number of nitrogen functional groups attached to an aromatic ring is 1. The fourth-order valence-electron chi connectivity index (χ4n) is 3.93. The summed E-state index contributed by atoms with van der Waals surface area (Å²) in [7, 11) is -6.52. The highest BCUT2D eigenvalue weighted by Crippen LogP contribution is 2.47. The van der Waals surface area contributed by atoms with E-state index in [0.717, 1.165) is 0 Å². The maximum Gasteiger partial charge on any atom is 0.192 e. The molecule has 0 aliphatic carbocycles. The zero-order chi connectivity index (χ0) is 30.7. The maximum atomic E-state index is 7.22. The van der Waals surface area contributed by atoms with E-state index in [-0.39, 0.29) is 33.4 Å². The molecule has 12 heteroatoms. The van der Waals surface area contributed by atoms with Crippen LogP contribution in [0.1, 0.15) is 68.5 Å². The Hall–Kier alpha value is -1.16. The summed E-state index contributed by atoms with van der Waals surface area (Å²) in [5.41, 5.74) is 7.34. The van der Waals surface area contributed by atoms with Crippen LogP contribution in [0.25, 0.3) is 11.2 Å². The van der Waals surface area contributed by atoms with Gasteiger partial charge in [-0.15, -0.1) is 0 Å². The second kappa shape index (κ2) is 10.8. The first-order valence-electron chi connectivity index (χ1n) is 14.5. The van der Waals surface area contributed by atoms with E-state index in [2.05, 4.69) is 117 Å². The summed E-state index contributed by atoms with van der Waals surface area (Å²) >= 11 is 0. The third kappa shape index (κ3) is 6.57. The summed E-state index contributed by atoms with van der Waals surface area (Å²) in [5, 5.41) is 0.0893. The van der Waals surface area contributed by atoms with Crippen LogP contribution in [0.3, 0.4) is 0 Å². The van der Waals surface area contributed by atoms with Crippen molar-refractivity contribution in [3.63, 3.8) is 0 Å². The van der Waals surface area contributed by atoms with Crippen LogP contribution < -0.4 is 5.73 Å². The van der Waals surface area contributed by atoms with E-state index in [1.54, 1.807) is 6.33 Å². The van der Waals surface area contributed by atoms with Crippen molar-refractivity contribution in [1.82, 2.24) is 19.5 Å². The van der Waals surface area contributed by atoms with Gasteiger partial charge in [-0.25, -0.2) is 15.0 Å². The zero-order valence-corrected chi connectivity index (χ0v) is 30.7. The molecule has 228 valence electrons. The molecule has 2 aromatic heterocycles. The van der Waals surface area contributed by atoms with Crippen LogP contribution in [-0.4, -0.2) is 69.4 Å². The number of rotatable bonds is 8. The molecule has 2 aromatic rings. The molecule has 1 aliphatic heterocycles. The highest BCUT2D eigenvalue weighted by Gasteiger charge is 2.55. The average Bonchev–Trinajstić information content (AvgIpc) is 3.32. The van der Waals surface area contributed by atoms with Gasteiger partial charge in [-0.3, -0.25) is 4.57 Å². The standard InChI is InChI=1S/C28H55N5O4Si3/c1-26(2,3)38(10,11)34-16-19-21(36-39(12,13)27(4,5)6)22(37-40(14,15)28(7,8)9)25(35-19)33-18-32-20-23(29)30-17-31-24(20)33/h17-19,21-22,25H,16H2,1-15H3,(H2,29,30,31)/t19-,21-,22-,25?/m0/s1. The van der Waals surface area contributed by atoms with Crippen LogP contribution >= 0.6 is 0 Å². The molecular formula is C28H55N5O4Si3. The molecule has 0 amide bonds. The van der Waals surface area contributed by atoms with E-state index in [1.165, 1.54) is 6.33 Å². The van der Waals surface area contributed by atoms with E-state index in [0.29, 0.717) is 23.6 Å². The number of anilines is 1. The number of nitrogens with two attached hydrogens (primary N) is 1. The minimum Gasteiger partial charge on any atom is -0.414 e. The molecule has 0 saturated carbocycles. The molecule has 9 nitrogen and oxygen atoms in total. The lowest BCUT2D eigenvalue weighted by Crippen LogP contribution is -2.54. The molecule has 1 fully saturated rings. The molecule has 4 atom stereocenters. The molecular weight excluding hydrogens is 555 g/mol. The Bertz CT molecular complexity index is 1180. The lowest BCUT2D eigenvalue weighted by Gasteiger charge is -2.44. The second-order valence-corrected chi connectivity index (χ2v) is 30.2. The van der Waals surface area contributed by atoms with Crippen molar-refractivity contribution in [3.8, 4) is 0 Å². The first-order chi connectivity index (χ1) is 17.9. The van der Waals surface area contributed by atoms with Crippen LogP contribution in [0.15, 0.2) is 12.7 Å². The summed E-state index contributed by atoms with van der Waals surface area (Å²) in [5.74, 6) is 0.343. The van der Waals surface area contributed by atoms with Crippen molar-refractivity contribution in [2.45, 2.75) is 141 Å². The van der Waals surface area contributed by atoms with Crippen LogP contribution in [0, 0.1) is 0 Å². The third-order valence-electron chi connectivity index (χ3n) is 9.84. The van der Waals surface area contributed by atoms with Gasteiger partial charge < -0.3 is 23.7 Å². The van der Waals surface area contributed by atoms with Gasteiger partial charge in [0.15, 0.2) is 42.6 Å². The van der Waals surface area contributed by atoms with Gasteiger partial charge in [0.25, 0.3) is 0 Å². The first kappa shape index (κ1) is 33.3. The topological polar surface area (TPSA) is 107 Å². The van der Waals surface area contributed by atoms with Crippen molar-refractivity contribution in [2.75, 3.05) is 12.3 Å². The number of fused-ring (bicyclic) bond motifs is 1.